The van der Waals surface area contributed by atoms with E-state index in [1.165, 1.54) is 16.4 Å². The quantitative estimate of drug-likeness (QED) is 0.824. The molecule has 2 aromatic rings. The second kappa shape index (κ2) is 6.98. The van der Waals surface area contributed by atoms with Gasteiger partial charge in [-0.25, -0.2) is 8.42 Å². The maximum Gasteiger partial charge on any atom is 0.258 e. The average Bonchev–Trinajstić information content (AvgIpc) is 3.23. The summed E-state index contributed by atoms with van der Waals surface area (Å²) in [5, 5.41) is 0. The van der Waals surface area contributed by atoms with Crippen LogP contribution in [-0.4, -0.2) is 38.3 Å². The SMILES string of the molecule is Nc1cccc2c1CCCN2C(=O)c1ccc(S(=O)(=O)N2CCCC2)cc1. The first-order chi connectivity index (χ1) is 13.0. The number of anilines is 2. The van der Waals surface area contributed by atoms with Crippen LogP contribution in [0.4, 0.5) is 11.4 Å². The zero-order chi connectivity index (χ0) is 19.0. The number of hydrogen-bond acceptors (Lipinski definition) is 4. The summed E-state index contributed by atoms with van der Waals surface area (Å²) >= 11 is 0. The highest BCUT2D eigenvalue weighted by Crippen LogP contribution is 2.32. The summed E-state index contributed by atoms with van der Waals surface area (Å²) in [7, 11) is -3.47. The smallest absolute Gasteiger partial charge is 0.258 e. The van der Waals surface area contributed by atoms with Crippen LogP contribution in [0, 0.1) is 0 Å². The van der Waals surface area contributed by atoms with E-state index in [-0.39, 0.29) is 10.8 Å². The van der Waals surface area contributed by atoms with Crippen LogP contribution in [0.2, 0.25) is 0 Å². The van der Waals surface area contributed by atoms with Crippen molar-refractivity contribution in [2.24, 2.45) is 0 Å². The van der Waals surface area contributed by atoms with E-state index in [4.69, 9.17) is 5.73 Å². The second-order valence-electron chi connectivity index (χ2n) is 7.04. The Bertz CT molecular complexity index is 964. The van der Waals surface area contributed by atoms with Crippen molar-refractivity contribution in [3.05, 3.63) is 53.6 Å². The third-order valence-corrected chi connectivity index (χ3v) is 7.25. The number of rotatable bonds is 3. The molecule has 2 aliphatic rings. The predicted molar refractivity (Wildman–Crippen MR) is 105 cm³/mol. The molecule has 0 radical (unpaired) electrons. The molecule has 2 heterocycles. The van der Waals surface area contributed by atoms with E-state index in [1.807, 2.05) is 18.2 Å². The molecule has 7 heteroatoms. The Morgan fingerprint density at radius 2 is 1.63 bits per heavy atom. The van der Waals surface area contributed by atoms with Crippen LogP contribution in [0.15, 0.2) is 47.4 Å². The number of amides is 1. The molecule has 2 N–H and O–H groups in total. The lowest BCUT2D eigenvalue weighted by atomic mass is 9.99. The van der Waals surface area contributed by atoms with Crippen LogP contribution in [0.25, 0.3) is 0 Å². The molecule has 1 saturated heterocycles. The summed E-state index contributed by atoms with van der Waals surface area (Å²) in [4.78, 5) is 15.0. The van der Waals surface area contributed by atoms with Gasteiger partial charge in [-0.1, -0.05) is 6.07 Å². The normalized spacial score (nSPS) is 17.7. The average molecular weight is 385 g/mol. The zero-order valence-corrected chi connectivity index (χ0v) is 15.9. The van der Waals surface area contributed by atoms with E-state index in [0.29, 0.717) is 30.9 Å². The third-order valence-electron chi connectivity index (χ3n) is 5.34. The molecule has 142 valence electrons. The molecule has 0 aliphatic carbocycles. The van der Waals surface area contributed by atoms with Gasteiger partial charge in [0.1, 0.15) is 0 Å². The Hall–Kier alpha value is -2.38. The maximum atomic E-state index is 13.0. The number of fused-ring (bicyclic) bond motifs is 1. The molecule has 6 nitrogen and oxygen atoms in total. The molecule has 1 amide bonds. The van der Waals surface area contributed by atoms with Crippen LogP contribution in [-0.2, 0) is 16.4 Å². The fourth-order valence-corrected chi connectivity index (χ4v) is 5.38. The van der Waals surface area contributed by atoms with Gasteiger partial charge in [0, 0.05) is 36.6 Å². The third kappa shape index (κ3) is 3.21. The number of nitrogen functional groups attached to an aromatic ring is 1. The molecule has 0 aromatic heterocycles. The Labute approximate surface area is 159 Å². The summed E-state index contributed by atoms with van der Waals surface area (Å²) in [6.45, 7) is 1.76. The van der Waals surface area contributed by atoms with Crippen LogP contribution >= 0.6 is 0 Å². The van der Waals surface area contributed by atoms with Crippen molar-refractivity contribution < 1.29 is 13.2 Å². The number of nitrogens with zero attached hydrogens (tertiary/aromatic N) is 2. The van der Waals surface area contributed by atoms with Gasteiger partial charge in [-0.3, -0.25) is 4.79 Å². The van der Waals surface area contributed by atoms with Crippen LogP contribution in [0.1, 0.15) is 35.2 Å². The molecular weight excluding hydrogens is 362 g/mol. The molecule has 0 bridgehead atoms. The van der Waals surface area contributed by atoms with Gasteiger partial charge in [0.15, 0.2) is 0 Å². The van der Waals surface area contributed by atoms with Gasteiger partial charge in [0.2, 0.25) is 10.0 Å². The molecule has 2 aliphatic heterocycles. The molecule has 0 unspecified atom stereocenters. The predicted octanol–water partition coefficient (Wildman–Crippen LogP) is 2.65. The Morgan fingerprint density at radius 1 is 0.926 bits per heavy atom. The van der Waals surface area contributed by atoms with Crippen molar-refractivity contribution in [3.63, 3.8) is 0 Å². The first-order valence-electron chi connectivity index (χ1n) is 9.28. The summed E-state index contributed by atoms with van der Waals surface area (Å²) in [6.07, 6.45) is 3.51. The van der Waals surface area contributed by atoms with Crippen molar-refractivity contribution in [2.45, 2.75) is 30.6 Å². The van der Waals surface area contributed by atoms with E-state index in [1.54, 1.807) is 17.0 Å². The lowest BCUT2D eigenvalue weighted by molar-refractivity contribution is 0.0985. The van der Waals surface area contributed by atoms with E-state index < -0.39 is 10.0 Å². The molecule has 27 heavy (non-hydrogen) atoms. The minimum absolute atomic E-state index is 0.133. The Kier molecular flexibility index (Phi) is 4.65. The molecule has 0 spiro atoms. The monoisotopic (exact) mass is 385 g/mol. The topological polar surface area (TPSA) is 83.7 Å². The highest BCUT2D eigenvalue weighted by molar-refractivity contribution is 7.89. The number of nitrogens with two attached hydrogens (primary N) is 1. The van der Waals surface area contributed by atoms with Gasteiger partial charge in [0.05, 0.1) is 4.90 Å². The highest BCUT2D eigenvalue weighted by Gasteiger charge is 2.28. The zero-order valence-electron chi connectivity index (χ0n) is 15.1. The van der Waals surface area contributed by atoms with Gasteiger partial charge in [-0.2, -0.15) is 4.31 Å². The van der Waals surface area contributed by atoms with Crippen LogP contribution in [0.3, 0.4) is 0 Å². The minimum Gasteiger partial charge on any atom is -0.398 e. The first kappa shape index (κ1) is 18.0. The molecule has 4 rings (SSSR count). The van der Waals surface area contributed by atoms with E-state index in [0.717, 1.165) is 36.9 Å². The molecular formula is C20H23N3O3S. The molecule has 0 atom stereocenters. The fraction of sp³-hybridized carbons (Fsp3) is 0.350. The van der Waals surface area contributed by atoms with Crippen LogP contribution in [0.5, 0.6) is 0 Å². The van der Waals surface area contributed by atoms with Gasteiger partial charge in [-0.15, -0.1) is 0 Å². The van der Waals surface area contributed by atoms with Crippen molar-refractivity contribution in [3.8, 4) is 0 Å². The summed E-state index contributed by atoms with van der Waals surface area (Å²) in [5.74, 6) is -0.133. The van der Waals surface area contributed by atoms with Gasteiger partial charge >= 0.3 is 0 Å². The van der Waals surface area contributed by atoms with Crippen molar-refractivity contribution in [1.82, 2.24) is 4.31 Å². The molecule has 1 fully saturated rings. The number of hydrogen-bond donors (Lipinski definition) is 1. The van der Waals surface area contributed by atoms with E-state index in [2.05, 4.69) is 0 Å². The summed E-state index contributed by atoms with van der Waals surface area (Å²) in [6, 6.07) is 11.9. The number of carbonyl (C=O) groups is 1. The molecule has 2 aromatic carbocycles. The van der Waals surface area contributed by atoms with E-state index in [9.17, 15) is 13.2 Å². The van der Waals surface area contributed by atoms with Gasteiger partial charge < -0.3 is 10.6 Å². The first-order valence-corrected chi connectivity index (χ1v) is 10.7. The lowest BCUT2D eigenvalue weighted by Crippen LogP contribution is -2.35. The Balaban J connectivity index is 1.60. The number of benzene rings is 2. The van der Waals surface area contributed by atoms with Crippen molar-refractivity contribution in [1.29, 1.82) is 0 Å². The highest BCUT2D eigenvalue weighted by atomic mass is 32.2. The lowest BCUT2D eigenvalue weighted by Gasteiger charge is -2.30. The molecule has 0 saturated carbocycles. The fourth-order valence-electron chi connectivity index (χ4n) is 3.87. The minimum atomic E-state index is -3.47. The standard InChI is InChI=1S/C20H23N3O3S/c21-18-6-3-7-19-17(18)5-4-14-23(19)20(24)15-8-10-16(11-9-15)27(25,26)22-12-1-2-13-22/h3,6-11H,1-2,4-5,12-14,21H2. The van der Waals surface area contributed by atoms with Crippen LogP contribution < -0.4 is 10.6 Å². The summed E-state index contributed by atoms with van der Waals surface area (Å²) < 4.78 is 26.8. The van der Waals surface area contributed by atoms with E-state index >= 15 is 0 Å². The van der Waals surface area contributed by atoms with Crippen molar-refractivity contribution in [2.75, 3.05) is 30.3 Å². The maximum absolute atomic E-state index is 13.0. The van der Waals surface area contributed by atoms with Gasteiger partial charge in [-0.05, 0) is 67.6 Å². The number of sulfonamides is 1. The van der Waals surface area contributed by atoms with Crippen molar-refractivity contribution >= 4 is 27.3 Å². The van der Waals surface area contributed by atoms with Gasteiger partial charge in [0.25, 0.3) is 5.91 Å². The Morgan fingerprint density at radius 3 is 2.33 bits per heavy atom. The summed E-state index contributed by atoms with van der Waals surface area (Å²) in [5.41, 5.74) is 9.10. The largest absolute Gasteiger partial charge is 0.398 e. The number of carbonyl (C=O) groups excluding carboxylic acids is 1. The second-order valence-corrected chi connectivity index (χ2v) is 8.98.